The van der Waals surface area contributed by atoms with E-state index in [0.717, 1.165) is 12.1 Å². The lowest BCUT2D eigenvalue weighted by molar-refractivity contribution is -0.137. The summed E-state index contributed by atoms with van der Waals surface area (Å²) in [4.78, 5) is 1.22. The summed E-state index contributed by atoms with van der Waals surface area (Å²) < 4.78 is 43.0. The van der Waals surface area contributed by atoms with E-state index in [1.165, 1.54) is 17.0 Å². The predicted octanol–water partition coefficient (Wildman–Crippen LogP) is 4.50. The van der Waals surface area contributed by atoms with Gasteiger partial charge in [-0.3, -0.25) is 0 Å². The molecule has 2 nitrogen and oxygen atoms in total. The molecule has 0 saturated carbocycles. The van der Waals surface area contributed by atoms with Gasteiger partial charge in [-0.1, -0.05) is 12.1 Å². The van der Waals surface area contributed by atoms with E-state index < -0.39 is 11.7 Å². The number of benzene rings is 1. The summed E-state index contributed by atoms with van der Waals surface area (Å²) in [6.07, 6.45) is -4.34. The highest BCUT2D eigenvalue weighted by Gasteiger charge is 2.30. The molecule has 1 unspecified atom stereocenters. The molecule has 1 atom stereocenters. The van der Waals surface area contributed by atoms with Gasteiger partial charge < -0.3 is 10.1 Å². The lowest BCUT2D eigenvalue weighted by Gasteiger charge is -2.13. The Hall–Kier alpha value is -1.53. The van der Waals surface area contributed by atoms with Crippen LogP contribution < -0.4 is 10.1 Å². The van der Waals surface area contributed by atoms with Crippen LogP contribution in [0.2, 0.25) is 0 Å². The van der Waals surface area contributed by atoms with Gasteiger partial charge in [-0.15, -0.1) is 11.3 Å². The van der Waals surface area contributed by atoms with Crippen molar-refractivity contribution in [3.8, 4) is 5.75 Å². The third kappa shape index (κ3) is 4.75. The quantitative estimate of drug-likeness (QED) is 0.793. The summed E-state index contributed by atoms with van der Waals surface area (Å²) in [5.74, 6) is 0.232. The average Bonchev–Trinajstić information content (AvgIpc) is 2.97. The molecule has 0 aliphatic heterocycles. The van der Waals surface area contributed by atoms with Crippen LogP contribution in [0.5, 0.6) is 5.75 Å². The highest BCUT2D eigenvalue weighted by Crippen LogP contribution is 2.31. The predicted molar refractivity (Wildman–Crippen MR) is 77.7 cm³/mol. The molecule has 1 N–H and O–H groups in total. The average molecular weight is 315 g/mol. The van der Waals surface area contributed by atoms with Crippen LogP contribution in [0, 0.1) is 0 Å². The van der Waals surface area contributed by atoms with E-state index in [9.17, 15) is 13.2 Å². The van der Waals surface area contributed by atoms with Crippen molar-refractivity contribution in [3.05, 3.63) is 52.2 Å². The first-order valence-electron chi connectivity index (χ1n) is 6.53. The highest BCUT2D eigenvalue weighted by molar-refractivity contribution is 7.10. The Labute approximate surface area is 125 Å². The lowest BCUT2D eigenvalue weighted by atomic mass is 10.2. The third-order valence-corrected chi connectivity index (χ3v) is 4.01. The minimum atomic E-state index is -4.34. The van der Waals surface area contributed by atoms with Gasteiger partial charge in [0, 0.05) is 17.5 Å². The van der Waals surface area contributed by atoms with Crippen LogP contribution in [0.25, 0.3) is 0 Å². The molecule has 1 aromatic carbocycles. The Kier molecular flexibility index (Phi) is 5.25. The molecule has 21 heavy (non-hydrogen) atoms. The molecule has 0 radical (unpaired) electrons. The van der Waals surface area contributed by atoms with Crippen molar-refractivity contribution in [1.29, 1.82) is 0 Å². The van der Waals surface area contributed by atoms with E-state index in [4.69, 9.17) is 4.74 Å². The van der Waals surface area contributed by atoms with Gasteiger partial charge in [0.2, 0.25) is 0 Å². The molecule has 1 aromatic heterocycles. The Balaban J connectivity index is 1.79. The maximum absolute atomic E-state index is 12.6. The summed E-state index contributed by atoms with van der Waals surface area (Å²) in [6.45, 7) is 2.92. The topological polar surface area (TPSA) is 21.3 Å². The molecule has 0 spiro atoms. The van der Waals surface area contributed by atoms with E-state index in [1.807, 2.05) is 24.4 Å². The SMILES string of the molecule is CC(NCCOc1cccc(C(F)(F)F)c1)c1cccs1. The van der Waals surface area contributed by atoms with Crippen LogP contribution in [-0.2, 0) is 6.18 Å². The number of rotatable bonds is 6. The van der Waals surface area contributed by atoms with Crippen LogP contribution in [-0.4, -0.2) is 13.2 Å². The molecule has 0 saturated heterocycles. The lowest BCUT2D eigenvalue weighted by Crippen LogP contribution is -2.23. The fourth-order valence-electron chi connectivity index (χ4n) is 1.84. The van der Waals surface area contributed by atoms with Crippen molar-refractivity contribution >= 4 is 11.3 Å². The van der Waals surface area contributed by atoms with Gasteiger partial charge in [-0.25, -0.2) is 0 Å². The summed E-state index contributed by atoms with van der Waals surface area (Å²) in [7, 11) is 0. The van der Waals surface area contributed by atoms with Crippen molar-refractivity contribution in [3.63, 3.8) is 0 Å². The fraction of sp³-hybridized carbons (Fsp3) is 0.333. The first kappa shape index (κ1) is 15.9. The van der Waals surface area contributed by atoms with Crippen LogP contribution in [0.3, 0.4) is 0 Å². The summed E-state index contributed by atoms with van der Waals surface area (Å²) >= 11 is 1.66. The number of nitrogens with one attached hydrogen (secondary N) is 1. The normalized spacial score (nSPS) is 13.1. The summed E-state index contributed by atoms with van der Waals surface area (Å²) in [5, 5.41) is 5.27. The van der Waals surface area contributed by atoms with E-state index in [-0.39, 0.29) is 11.8 Å². The van der Waals surface area contributed by atoms with E-state index in [1.54, 1.807) is 11.3 Å². The van der Waals surface area contributed by atoms with Gasteiger partial charge in [0.25, 0.3) is 0 Å². The molecular formula is C15H16F3NOS. The van der Waals surface area contributed by atoms with E-state index in [2.05, 4.69) is 5.32 Å². The summed E-state index contributed by atoms with van der Waals surface area (Å²) in [5.41, 5.74) is -0.695. The molecular weight excluding hydrogens is 299 g/mol. The number of hydrogen-bond donors (Lipinski definition) is 1. The van der Waals surface area contributed by atoms with Gasteiger partial charge in [-0.05, 0) is 36.6 Å². The Morgan fingerprint density at radius 2 is 2.05 bits per heavy atom. The second-order valence-corrected chi connectivity index (χ2v) is 5.54. The van der Waals surface area contributed by atoms with Gasteiger partial charge in [0.1, 0.15) is 12.4 Å². The Morgan fingerprint density at radius 3 is 2.71 bits per heavy atom. The largest absolute Gasteiger partial charge is 0.492 e. The van der Waals surface area contributed by atoms with Crippen LogP contribution in [0.15, 0.2) is 41.8 Å². The Bertz CT molecular complexity index is 554. The maximum Gasteiger partial charge on any atom is 0.416 e. The van der Waals surface area contributed by atoms with Crippen LogP contribution in [0.4, 0.5) is 13.2 Å². The Morgan fingerprint density at radius 1 is 1.24 bits per heavy atom. The third-order valence-electron chi connectivity index (χ3n) is 2.95. The molecule has 0 fully saturated rings. The fourth-order valence-corrected chi connectivity index (χ4v) is 2.60. The van der Waals surface area contributed by atoms with Gasteiger partial charge in [-0.2, -0.15) is 13.2 Å². The zero-order valence-corrected chi connectivity index (χ0v) is 12.3. The van der Waals surface area contributed by atoms with E-state index in [0.29, 0.717) is 13.2 Å². The van der Waals surface area contributed by atoms with Crippen LogP contribution >= 0.6 is 11.3 Å². The van der Waals surface area contributed by atoms with Crippen molar-refractivity contribution in [2.75, 3.05) is 13.2 Å². The standard InChI is InChI=1S/C15H16F3NOS/c1-11(14-6-3-9-21-14)19-7-8-20-13-5-2-4-12(10-13)15(16,17)18/h2-6,9-11,19H,7-8H2,1H3. The highest BCUT2D eigenvalue weighted by atomic mass is 32.1. The number of halogens is 3. The maximum atomic E-state index is 12.6. The molecule has 114 valence electrons. The molecule has 2 aromatic rings. The number of hydrogen-bond acceptors (Lipinski definition) is 3. The van der Waals surface area contributed by atoms with Crippen molar-refractivity contribution in [2.45, 2.75) is 19.1 Å². The molecule has 0 aliphatic rings. The number of thiophene rings is 1. The van der Waals surface area contributed by atoms with Crippen molar-refractivity contribution < 1.29 is 17.9 Å². The van der Waals surface area contributed by atoms with Gasteiger partial charge >= 0.3 is 6.18 Å². The minimum Gasteiger partial charge on any atom is -0.492 e. The second kappa shape index (κ2) is 6.95. The monoisotopic (exact) mass is 315 g/mol. The molecule has 0 bridgehead atoms. The van der Waals surface area contributed by atoms with Gasteiger partial charge in [0.05, 0.1) is 5.56 Å². The summed E-state index contributed by atoms with van der Waals surface area (Å²) in [6, 6.07) is 9.15. The number of alkyl halides is 3. The first-order valence-corrected chi connectivity index (χ1v) is 7.41. The first-order chi connectivity index (χ1) is 9.97. The smallest absolute Gasteiger partial charge is 0.416 e. The van der Waals surface area contributed by atoms with Crippen molar-refractivity contribution in [1.82, 2.24) is 5.32 Å². The second-order valence-electron chi connectivity index (χ2n) is 4.57. The molecule has 1 heterocycles. The zero-order valence-electron chi connectivity index (χ0n) is 11.5. The molecule has 6 heteroatoms. The van der Waals surface area contributed by atoms with Gasteiger partial charge in [0.15, 0.2) is 0 Å². The number of ether oxygens (including phenoxy) is 1. The molecule has 0 aliphatic carbocycles. The van der Waals surface area contributed by atoms with Crippen LogP contribution in [0.1, 0.15) is 23.4 Å². The molecule has 2 rings (SSSR count). The zero-order chi connectivity index (χ0) is 15.3. The minimum absolute atomic E-state index is 0.204. The van der Waals surface area contributed by atoms with Crippen molar-refractivity contribution in [2.24, 2.45) is 0 Å². The van der Waals surface area contributed by atoms with E-state index >= 15 is 0 Å². The molecule has 0 amide bonds.